The third kappa shape index (κ3) is 1.48. The van der Waals surface area contributed by atoms with Gasteiger partial charge in [-0.15, -0.1) is 0 Å². The smallest absolute Gasteiger partial charge is 0.149 e. The fourth-order valence-electron chi connectivity index (χ4n) is 0.907. The molecule has 0 spiro atoms. The van der Waals surface area contributed by atoms with Crippen molar-refractivity contribution in [1.82, 2.24) is 0 Å². The highest BCUT2D eigenvalue weighted by Gasteiger charge is 2.05. The van der Waals surface area contributed by atoms with E-state index in [2.05, 4.69) is 5.32 Å². The lowest BCUT2D eigenvalue weighted by atomic mass is 10.2. The third-order valence-electron chi connectivity index (χ3n) is 1.49. The molecule has 0 aliphatic carbocycles. The van der Waals surface area contributed by atoms with Crippen molar-refractivity contribution in [3.63, 3.8) is 0 Å². The number of nitrogens with one attached hydrogen (secondary N) is 1. The average molecular weight is 157 g/mol. The Morgan fingerprint density at radius 2 is 1.91 bits per heavy atom. The quantitative estimate of drug-likeness (QED) is 0.659. The molecule has 1 aromatic carbocycles. The number of hydrogen-bond acceptors (Lipinski definition) is 1. The minimum Gasteiger partial charge on any atom is -0.386 e. The van der Waals surface area contributed by atoms with Gasteiger partial charge in [-0.2, -0.15) is 0 Å². The Labute approximate surface area is 64.0 Å². The van der Waals surface area contributed by atoms with Crippen LogP contribution in [-0.4, -0.2) is 7.05 Å². The second-order valence-electron chi connectivity index (χ2n) is 2.33. The van der Waals surface area contributed by atoms with Crippen LogP contribution in [-0.2, 0) is 0 Å². The summed E-state index contributed by atoms with van der Waals surface area (Å²) in [5.74, 6) is -0.817. The Balaban J connectivity index is 3.24. The summed E-state index contributed by atoms with van der Waals surface area (Å²) < 4.78 is 25.5. The number of anilines is 1. The molecular formula is C8H9F2N. The van der Waals surface area contributed by atoms with Crippen LogP contribution in [0, 0.1) is 18.6 Å². The SMILES string of the molecule is CNc1cc(F)cc(C)c1F. The number of halogens is 2. The van der Waals surface area contributed by atoms with Crippen molar-refractivity contribution >= 4 is 5.69 Å². The maximum absolute atomic E-state index is 13.0. The van der Waals surface area contributed by atoms with Crippen molar-refractivity contribution in [1.29, 1.82) is 0 Å². The first kappa shape index (κ1) is 7.98. The van der Waals surface area contributed by atoms with Crippen LogP contribution in [0.4, 0.5) is 14.5 Å². The van der Waals surface area contributed by atoms with E-state index < -0.39 is 11.6 Å². The van der Waals surface area contributed by atoms with Crippen molar-refractivity contribution in [2.75, 3.05) is 12.4 Å². The zero-order valence-electron chi connectivity index (χ0n) is 6.41. The zero-order chi connectivity index (χ0) is 8.43. The second kappa shape index (κ2) is 2.86. The number of hydrogen-bond donors (Lipinski definition) is 1. The predicted octanol–water partition coefficient (Wildman–Crippen LogP) is 2.31. The summed E-state index contributed by atoms with van der Waals surface area (Å²) in [6, 6.07) is 2.29. The Bertz CT molecular complexity index is 271. The summed E-state index contributed by atoms with van der Waals surface area (Å²) in [6.45, 7) is 1.53. The molecule has 0 bridgehead atoms. The molecule has 1 aromatic rings. The summed E-state index contributed by atoms with van der Waals surface area (Å²) in [5.41, 5.74) is 0.511. The fraction of sp³-hybridized carbons (Fsp3) is 0.250. The normalized spacial score (nSPS) is 9.82. The lowest BCUT2D eigenvalue weighted by Crippen LogP contribution is -1.95. The molecule has 0 amide bonds. The molecule has 0 heterocycles. The van der Waals surface area contributed by atoms with E-state index >= 15 is 0 Å². The van der Waals surface area contributed by atoms with E-state index in [9.17, 15) is 8.78 Å². The van der Waals surface area contributed by atoms with Gasteiger partial charge in [-0.1, -0.05) is 0 Å². The second-order valence-corrected chi connectivity index (χ2v) is 2.33. The third-order valence-corrected chi connectivity index (χ3v) is 1.49. The first-order chi connectivity index (χ1) is 5.15. The van der Waals surface area contributed by atoms with Gasteiger partial charge in [-0.05, 0) is 24.6 Å². The Kier molecular flexibility index (Phi) is 2.08. The molecule has 0 aliphatic rings. The van der Waals surface area contributed by atoms with Gasteiger partial charge in [0.2, 0.25) is 0 Å². The van der Waals surface area contributed by atoms with Gasteiger partial charge in [0.1, 0.15) is 11.6 Å². The Hall–Kier alpha value is -1.12. The van der Waals surface area contributed by atoms with Gasteiger partial charge in [0.25, 0.3) is 0 Å². The van der Waals surface area contributed by atoms with E-state index in [4.69, 9.17) is 0 Å². The number of benzene rings is 1. The van der Waals surface area contributed by atoms with E-state index in [1.165, 1.54) is 6.92 Å². The van der Waals surface area contributed by atoms with Crippen molar-refractivity contribution < 1.29 is 8.78 Å². The summed E-state index contributed by atoms with van der Waals surface area (Å²) >= 11 is 0. The summed E-state index contributed by atoms with van der Waals surface area (Å²) in [5, 5.41) is 2.56. The molecule has 0 aromatic heterocycles. The molecule has 0 saturated carbocycles. The molecule has 0 radical (unpaired) electrons. The Morgan fingerprint density at radius 1 is 1.27 bits per heavy atom. The van der Waals surface area contributed by atoms with Gasteiger partial charge in [-0.3, -0.25) is 0 Å². The van der Waals surface area contributed by atoms with Crippen LogP contribution >= 0.6 is 0 Å². The highest BCUT2D eigenvalue weighted by molar-refractivity contribution is 5.47. The minimum absolute atomic E-state index is 0.197. The lowest BCUT2D eigenvalue weighted by molar-refractivity contribution is 0.596. The predicted molar refractivity (Wildman–Crippen MR) is 40.6 cm³/mol. The molecule has 1 nitrogen and oxygen atoms in total. The summed E-state index contributed by atoms with van der Waals surface area (Å²) in [6.07, 6.45) is 0. The van der Waals surface area contributed by atoms with Gasteiger partial charge in [0.05, 0.1) is 5.69 Å². The Morgan fingerprint density at radius 3 is 2.45 bits per heavy atom. The zero-order valence-corrected chi connectivity index (χ0v) is 6.41. The lowest BCUT2D eigenvalue weighted by Gasteiger charge is -2.03. The van der Waals surface area contributed by atoms with Gasteiger partial charge in [-0.25, -0.2) is 8.78 Å². The largest absolute Gasteiger partial charge is 0.386 e. The minimum atomic E-state index is -0.423. The molecule has 60 valence electrons. The molecule has 0 saturated heterocycles. The van der Waals surface area contributed by atoms with Crippen molar-refractivity contribution in [2.24, 2.45) is 0 Å². The standard InChI is InChI=1S/C8H9F2N/c1-5-3-6(9)4-7(11-2)8(5)10/h3-4,11H,1-2H3. The van der Waals surface area contributed by atoms with Crippen LogP contribution in [0.15, 0.2) is 12.1 Å². The highest BCUT2D eigenvalue weighted by atomic mass is 19.1. The van der Waals surface area contributed by atoms with E-state index in [0.717, 1.165) is 12.1 Å². The fourth-order valence-corrected chi connectivity index (χ4v) is 0.907. The van der Waals surface area contributed by atoms with Crippen LogP contribution in [0.5, 0.6) is 0 Å². The van der Waals surface area contributed by atoms with E-state index in [-0.39, 0.29) is 5.69 Å². The van der Waals surface area contributed by atoms with Crippen LogP contribution in [0.2, 0.25) is 0 Å². The average Bonchev–Trinajstić information content (AvgIpc) is 1.96. The topological polar surface area (TPSA) is 12.0 Å². The summed E-state index contributed by atoms with van der Waals surface area (Å²) in [7, 11) is 1.55. The van der Waals surface area contributed by atoms with Crippen molar-refractivity contribution in [2.45, 2.75) is 6.92 Å². The highest BCUT2D eigenvalue weighted by Crippen LogP contribution is 2.18. The maximum atomic E-state index is 13.0. The van der Waals surface area contributed by atoms with Gasteiger partial charge in [0.15, 0.2) is 0 Å². The molecule has 0 atom stereocenters. The first-order valence-corrected chi connectivity index (χ1v) is 3.28. The molecule has 1 N–H and O–H groups in total. The van der Waals surface area contributed by atoms with Crippen LogP contribution in [0.25, 0.3) is 0 Å². The van der Waals surface area contributed by atoms with Crippen molar-refractivity contribution in [3.8, 4) is 0 Å². The molecule has 1 rings (SSSR count). The van der Waals surface area contributed by atoms with E-state index in [0.29, 0.717) is 5.56 Å². The molecule has 0 fully saturated rings. The molecule has 3 heteroatoms. The molecule has 11 heavy (non-hydrogen) atoms. The monoisotopic (exact) mass is 157 g/mol. The molecule has 0 aliphatic heterocycles. The van der Waals surface area contributed by atoms with Crippen LogP contribution in [0.3, 0.4) is 0 Å². The number of rotatable bonds is 1. The van der Waals surface area contributed by atoms with E-state index in [1.807, 2.05) is 0 Å². The van der Waals surface area contributed by atoms with Crippen LogP contribution < -0.4 is 5.32 Å². The number of aryl methyl sites for hydroxylation is 1. The summed E-state index contributed by atoms with van der Waals surface area (Å²) in [4.78, 5) is 0. The molecular weight excluding hydrogens is 148 g/mol. The van der Waals surface area contributed by atoms with Gasteiger partial charge < -0.3 is 5.32 Å². The van der Waals surface area contributed by atoms with Crippen LogP contribution in [0.1, 0.15) is 5.56 Å². The molecule has 0 unspecified atom stereocenters. The van der Waals surface area contributed by atoms with E-state index in [1.54, 1.807) is 7.05 Å². The maximum Gasteiger partial charge on any atom is 0.149 e. The first-order valence-electron chi connectivity index (χ1n) is 3.28. The van der Waals surface area contributed by atoms with Crippen molar-refractivity contribution in [3.05, 3.63) is 29.3 Å². The van der Waals surface area contributed by atoms with Gasteiger partial charge in [0, 0.05) is 7.05 Å². The van der Waals surface area contributed by atoms with Gasteiger partial charge >= 0.3 is 0 Å².